The molecule has 0 atom stereocenters. The second-order valence-electron chi connectivity index (χ2n) is 3.74. The van der Waals surface area contributed by atoms with Gasteiger partial charge in [0.05, 0.1) is 0 Å². The lowest BCUT2D eigenvalue weighted by molar-refractivity contribution is 0.459. The van der Waals surface area contributed by atoms with E-state index in [1.807, 2.05) is 44.2 Å². The van der Waals surface area contributed by atoms with E-state index in [1.165, 1.54) is 0 Å². The molecule has 0 spiro atoms. The summed E-state index contributed by atoms with van der Waals surface area (Å²) in [6.07, 6.45) is 1.73. The molecule has 0 amide bonds. The van der Waals surface area contributed by atoms with Crippen molar-refractivity contribution in [2.24, 2.45) is 0 Å². The average Bonchev–Trinajstić information content (AvgIpc) is 2.25. The number of ether oxygens (including phenoxy) is 1. The van der Waals surface area contributed by atoms with Crippen molar-refractivity contribution >= 4 is 5.69 Å². The average molecular weight is 214 g/mol. The molecule has 16 heavy (non-hydrogen) atoms. The van der Waals surface area contributed by atoms with Crippen LogP contribution in [-0.2, 0) is 0 Å². The number of aryl methyl sites for hydroxylation is 1. The third-order valence-corrected chi connectivity index (χ3v) is 2.43. The third kappa shape index (κ3) is 2.14. The highest BCUT2D eigenvalue weighted by Gasteiger charge is 2.04. The maximum Gasteiger partial charge on any atom is 0.219 e. The number of hydrogen-bond donors (Lipinski definition) is 1. The van der Waals surface area contributed by atoms with Crippen LogP contribution in [-0.4, -0.2) is 4.98 Å². The Kier molecular flexibility index (Phi) is 2.77. The lowest BCUT2D eigenvalue weighted by Crippen LogP contribution is -1.94. The van der Waals surface area contributed by atoms with E-state index in [0.717, 1.165) is 22.6 Å². The van der Waals surface area contributed by atoms with Gasteiger partial charge in [0.25, 0.3) is 0 Å². The Labute approximate surface area is 94.9 Å². The minimum absolute atomic E-state index is 0.591. The standard InChI is InChI=1S/C13H14N2O/c1-9-6-7-15-13(8-9)16-12-5-3-4-11(14)10(12)2/h3-8H,14H2,1-2H3. The zero-order chi connectivity index (χ0) is 11.5. The van der Waals surface area contributed by atoms with Crippen LogP contribution in [0.15, 0.2) is 36.5 Å². The van der Waals surface area contributed by atoms with Crippen LogP contribution in [0.25, 0.3) is 0 Å². The van der Waals surface area contributed by atoms with Gasteiger partial charge in [-0.25, -0.2) is 4.98 Å². The SMILES string of the molecule is Cc1ccnc(Oc2cccc(N)c2C)c1. The molecule has 0 saturated heterocycles. The van der Waals surface area contributed by atoms with Gasteiger partial charge in [0.1, 0.15) is 5.75 Å². The molecule has 2 rings (SSSR count). The number of nitrogen functional groups attached to an aromatic ring is 1. The molecule has 2 N–H and O–H groups in total. The number of nitrogens with zero attached hydrogens (tertiary/aromatic N) is 1. The van der Waals surface area contributed by atoms with Gasteiger partial charge in [0.2, 0.25) is 5.88 Å². The lowest BCUT2D eigenvalue weighted by atomic mass is 10.2. The van der Waals surface area contributed by atoms with Crippen molar-refractivity contribution in [3.8, 4) is 11.6 Å². The molecule has 0 unspecified atom stereocenters. The Morgan fingerprint density at radius 3 is 2.75 bits per heavy atom. The maximum atomic E-state index is 5.80. The van der Waals surface area contributed by atoms with E-state index in [-0.39, 0.29) is 0 Å². The first-order valence-corrected chi connectivity index (χ1v) is 5.12. The van der Waals surface area contributed by atoms with Crippen LogP contribution in [0.4, 0.5) is 5.69 Å². The highest BCUT2D eigenvalue weighted by atomic mass is 16.5. The summed E-state index contributed by atoms with van der Waals surface area (Å²) >= 11 is 0. The largest absolute Gasteiger partial charge is 0.439 e. The van der Waals surface area contributed by atoms with Crippen LogP contribution in [0, 0.1) is 13.8 Å². The van der Waals surface area contributed by atoms with Crippen LogP contribution in [0.3, 0.4) is 0 Å². The molecule has 3 nitrogen and oxygen atoms in total. The summed E-state index contributed by atoms with van der Waals surface area (Å²) in [6.45, 7) is 3.93. The summed E-state index contributed by atoms with van der Waals surface area (Å²) in [5.41, 5.74) is 8.58. The molecular weight excluding hydrogens is 200 g/mol. The van der Waals surface area contributed by atoms with Gasteiger partial charge in [-0.3, -0.25) is 0 Å². The molecule has 1 aromatic carbocycles. The summed E-state index contributed by atoms with van der Waals surface area (Å²) in [4.78, 5) is 4.14. The van der Waals surface area contributed by atoms with Crippen LogP contribution in [0.1, 0.15) is 11.1 Å². The maximum absolute atomic E-state index is 5.80. The summed E-state index contributed by atoms with van der Waals surface area (Å²) < 4.78 is 5.68. The number of benzene rings is 1. The summed E-state index contributed by atoms with van der Waals surface area (Å²) in [5.74, 6) is 1.34. The Balaban J connectivity index is 2.31. The Morgan fingerprint density at radius 2 is 2.00 bits per heavy atom. The van der Waals surface area contributed by atoms with Crippen LogP contribution < -0.4 is 10.5 Å². The van der Waals surface area contributed by atoms with E-state index in [1.54, 1.807) is 6.20 Å². The van der Waals surface area contributed by atoms with E-state index < -0.39 is 0 Å². The van der Waals surface area contributed by atoms with Crippen molar-refractivity contribution in [3.63, 3.8) is 0 Å². The van der Waals surface area contributed by atoms with Crippen molar-refractivity contribution in [3.05, 3.63) is 47.7 Å². The van der Waals surface area contributed by atoms with Gasteiger partial charge in [-0.1, -0.05) is 6.07 Å². The van der Waals surface area contributed by atoms with Crippen LogP contribution >= 0.6 is 0 Å². The minimum Gasteiger partial charge on any atom is -0.439 e. The molecule has 82 valence electrons. The van der Waals surface area contributed by atoms with Gasteiger partial charge in [0, 0.05) is 23.5 Å². The summed E-state index contributed by atoms with van der Waals surface area (Å²) in [6, 6.07) is 9.43. The second-order valence-corrected chi connectivity index (χ2v) is 3.74. The monoisotopic (exact) mass is 214 g/mol. The van der Waals surface area contributed by atoms with Gasteiger partial charge in [-0.05, 0) is 37.6 Å². The number of aromatic nitrogens is 1. The molecule has 0 saturated carbocycles. The quantitative estimate of drug-likeness (QED) is 0.781. The summed E-state index contributed by atoms with van der Waals surface area (Å²) in [5, 5.41) is 0. The molecule has 0 bridgehead atoms. The Bertz CT molecular complexity index is 509. The fourth-order valence-corrected chi connectivity index (χ4v) is 1.42. The van der Waals surface area contributed by atoms with E-state index in [9.17, 15) is 0 Å². The highest BCUT2D eigenvalue weighted by molar-refractivity contribution is 5.53. The molecule has 3 heteroatoms. The fraction of sp³-hybridized carbons (Fsp3) is 0.154. The number of hydrogen-bond acceptors (Lipinski definition) is 3. The molecule has 1 heterocycles. The molecule has 0 fully saturated rings. The predicted molar refractivity (Wildman–Crippen MR) is 64.6 cm³/mol. The molecule has 0 aliphatic rings. The second kappa shape index (κ2) is 4.23. The number of anilines is 1. The molecule has 0 aliphatic heterocycles. The summed E-state index contributed by atoms with van der Waals surface area (Å²) in [7, 11) is 0. The normalized spacial score (nSPS) is 10.1. The molecular formula is C13H14N2O. The van der Waals surface area contributed by atoms with Gasteiger partial charge in [-0.2, -0.15) is 0 Å². The number of rotatable bonds is 2. The van der Waals surface area contributed by atoms with Gasteiger partial charge >= 0.3 is 0 Å². The zero-order valence-electron chi connectivity index (χ0n) is 9.40. The van der Waals surface area contributed by atoms with Crippen molar-refractivity contribution < 1.29 is 4.74 Å². The van der Waals surface area contributed by atoms with E-state index >= 15 is 0 Å². The van der Waals surface area contributed by atoms with Gasteiger partial charge in [0.15, 0.2) is 0 Å². The van der Waals surface area contributed by atoms with Crippen molar-refractivity contribution in [1.82, 2.24) is 4.98 Å². The van der Waals surface area contributed by atoms with E-state index in [0.29, 0.717) is 5.88 Å². The number of nitrogens with two attached hydrogens (primary N) is 1. The first-order valence-electron chi connectivity index (χ1n) is 5.12. The minimum atomic E-state index is 0.591. The Morgan fingerprint density at radius 1 is 1.19 bits per heavy atom. The van der Waals surface area contributed by atoms with Crippen molar-refractivity contribution in [1.29, 1.82) is 0 Å². The smallest absolute Gasteiger partial charge is 0.219 e. The molecule has 0 aliphatic carbocycles. The molecule has 1 aromatic heterocycles. The van der Waals surface area contributed by atoms with Gasteiger partial charge in [-0.15, -0.1) is 0 Å². The Hall–Kier alpha value is -2.03. The van der Waals surface area contributed by atoms with Gasteiger partial charge < -0.3 is 10.5 Å². The third-order valence-electron chi connectivity index (χ3n) is 2.43. The van der Waals surface area contributed by atoms with E-state index in [2.05, 4.69) is 4.98 Å². The molecule has 0 radical (unpaired) electrons. The predicted octanol–water partition coefficient (Wildman–Crippen LogP) is 3.07. The highest BCUT2D eigenvalue weighted by Crippen LogP contribution is 2.27. The van der Waals surface area contributed by atoms with Crippen LogP contribution in [0.2, 0.25) is 0 Å². The first-order chi connectivity index (χ1) is 7.66. The van der Waals surface area contributed by atoms with Crippen molar-refractivity contribution in [2.75, 3.05) is 5.73 Å². The number of pyridine rings is 1. The first kappa shape index (κ1) is 10.5. The zero-order valence-corrected chi connectivity index (χ0v) is 9.40. The van der Waals surface area contributed by atoms with E-state index in [4.69, 9.17) is 10.5 Å². The molecule has 2 aromatic rings. The lowest BCUT2D eigenvalue weighted by Gasteiger charge is -2.09. The topological polar surface area (TPSA) is 48.1 Å². The fourth-order valence-electron chi connectivity index (χ4n) is 1.42. The van der Waals surface area contributed by atoms with Crippen LogP contribution in [0.5, 0.6) is 11.6 Å². The van der Waals surface area contributed by atoms with Crippen molar-refractivity contribution in [2.45, 2.75) is 13.8 Å².